The van der Waals surface area contributed by atoms with Crippen molar-refractivity contribution in [3.8, 4) is 83.9 Å². The first kappa shape index (κ1) is 50.0. The smallest absolute Gasteiger partial charge is 0.252 e. The quantitative estimate of drug-likeness (QED) is 0.121. The standard InChI is InChI=1S/C84H64BN3O2/c1-84(2,3)63-44-47-76-72(52-63)71-36-18-19-41-75(71)86(76)64-53-79-81-80(54-64)88(83-69(57-28-14-8-15-29-57)39-23-40-70(83)58-30-16-9-17-31-58)78-46-43-62(60-33-21-35-66(49-60)90-5)51-74(78)85(81)73-50-61(59-32-20-34-65(48-59)89-4)42-45-77(73)87(79)82-67(55-24-10-6-11-25-55)37-22-38-68(82)56-26-12-7-13-27-56/h6-54H,1-5H3/i18D,19D,36D,41D. The highest BCUT2D eigenvalue weighted by Crippen LogP contribution is 2.54. The lowest BCUT2D eigenvalue weighted by molar-refractivity contribution is 0.415. The molecule has 0 spiro atoms. The summed E-state index contributed by atoms with van der Waals surface area (Å²) < 4.78 is 52.5. The second-order valence-electron chi connectivity index (χ2n) is 24.4. The lowest BCUT2D eigenvalue weighted by Gasteiger charge is -2.46. The molecule has 2 aliphatic heterocycles. The average Bonchev–Trinajstić information content (AvgIpc) is 0.952. The van der Waals surface area contributed by atoms with Gasteiger partial charge in [0.2, 0.25) is 0 Å². The third kappa shape index (κ3) is 9.09. The number of ether oxygens (including phenoxy) is 2. The summed E-state index contributed by atoms with van der Waals surface area (Å²) in [6.45, 7) is 6.13. The van der Waals surface area contributed by atoms with E-state index in [-0.39, 0.29) is 29.6 Å². The van der Waals surface area contributed by atoms with Crippen molar-refractivity contribution in [2.75, 3.05) is 24.0 Å². The molecule has 14 aromatic rings. The van der Waals surface area contributed by atoms with Crippen molar-refractivity contribution in [2.45, 2.75) is 26.2 Å². The second kappa shape index (κ2) is 22.0. The van der Waals surface area contributed by atoms with Crippen LogP contribution in [0.1, 0.15) is 31.8 Å². The van der Waals surface area contributed by atoms with Gasteiger partial charge in [-0.3, -0.25) is 0 Å². The molecular weight excluding hydrogens is 1090 g/mol. The number of benzene rings is 13. The fourth-order valence-electron chi connectivity index (χ4n) is 14.0. The van der Waals surface area contributed by atoms with E-state index in [4.69, 9.17) is 9.47 Å². The molecule has 0 atom stereocenters. The number of hydrogen-bond acceptors (Lipinski definition) is 4. The minimum atomic E-state index is -0.411. The van der Waals surface area contributed by atoms with Gasteiger partial charge in [-0.2, -0.15) is 0 Å². The highest BCUT2D eigenvalue weighted by Gasteiger charge is 2.46. The monoisotopic (exact) mass is 1160 g/mol. The molecule has 90 heavy (non-hydrogen) atoms. The summed E-state index contributed by atoms with van der Waals surface area (Å²) in [7, 11) is 3.43. The Morgan fingerprint density at radius 3 is 1.20 bits per heavy atom. The van der Waals surface area contributed by atoms with Crippen molar-refractivity contribution in [1.82, 2.24) is 4.57 Å². The first-order valence-corrected chi connectivity index (χ1v) is 30.7. The summed E-state index contributed by atoms with van der Waals surface area (Å²) in [5.41, 5.74) is 24.0. The SMILES string of the molecule is [2H]c1c([2H])c([2H])c2c(c1[2H])c1cc(C(C)(C)C)ccc1n2-c1cc2c3c(c1)N(c1c(-c4ccccc4)cccc1-c1ccccc1)c1ccc(-c4cccc(OC)c4)cc1B3c1cc(-c3cccc(OC)c3)ccc1N2c1c(-c2ccccc2)cccc1-c1ccccc1. The fraction of sp³-hybridized carbons (Fsp3) is 0.0714. The Morgan fingerprint density at radius 2 is 0.767 bits per heavy atom. The van der Waals surface area contributed by atoms with Crippen molar-refractivity contribution in [3.05, 3.63) is 303 Å². The first-order valence-electron chi connectivity index (χ1n) is 32.7. The van der Waals surface area contributed by atoms with Crippen LogP contribution in [0.3, 0.4) is 0 Å². The Labute approximate surface area is 532 Å². The number of nitrogens with zero attached hydrogens (tertiary/aromatic N) is 3. The zero-order chi connectivity index (χ0) is 64.1. The molecule has 0 radical (unpaired) electrons. The first-order chi connectivity index (χ1) is 45.9. The molecule has 3 heterocycles. The van der Waals surface area contributed by atoms with Gasteiger partial charge in [0.05, 0.1) is 47.8 Å². The Balaban J connectivity index is 1.13. The number of fused-ring (bicyclic) bond motifs is 7. The molecule has 5 nitrogen and oxygen atoms in total. The lowest BCUT2D eigenvalue weighted by atomic mass is 9.33. The highest BCUT2D eigenvalue weighted by atomic mass is 16.5. The zero-order valence-corrected chi connectivity index (χ0v) is 50.7. The predicted molar refractivity (Wildman–Crippen MR) is 379 cm³/mol. The molecule has 430 valence electrons. The van der Waals surface area contributed by atoms with Crippen LogP contribution in [0.5, 0.6) is 11.5 Å². The van der Waals surface area contributed by atoms with E-state index in [0.717, 1.165) is 151 Å². The van der Waals surface area contributed by atoms with Crippen LogP contribution < -0.4 is 35.7 Å². The van der Waals surface area contributed by atoms with Gasteiger partial charge < -0.3 is 23.8 Å². The van der Waals surface area contributed by atoms with Crippen LogP contribution in [0.2, 0.25) is 0 Å². The van der Waals surface area contributed by atoms with Crippen LogP contribution >= 0.6 is 0 Å². The molecule has 2 aliphatic rings. The Kier molecular flexibility index (Phi) is 12.2. The molecule has 0 aliphatic carbocycles. The third-order valence-electron chi connectivity index (χ3n) is 18.2. The van der Waals surface area contributed by atoms with Crippen LogP contribution in [0.15, 0.2) is 297 Å². The Bertz CT molecular complexity index is 4980. The third-order valence-corrected chi connectivity index (χ3v) is 18.2. The van der Waals surface area contributed by atoms with Crippen LogP contribution in [0.4, 0.5) is 34.1 Å². The maximum Gasteiger partial charge on any atom is 0.252 e. The van der Waals surface area contributed by atoms with Gasteiger partial charge in [-0.25, -0.2) is 0 Å². The molecule has 0 bridgehead atoms. The van der Waals surface area contributed by atoms with E-state index in [2.05, 4.69) is 296 Å². The summed E-state index contributed by atoms with van der Waals surface area (Å²) in [5.74, 6) is 1.53. The number of aromatic nitrogens is 1. The lowest BCUT2D eigenvalue weighted by Crippen LogP contribution is -2.61. The number of hydrogen-bond donors (Lipinski definition) is 0. The minimum Gasteiger partial charge on any atom is -0.497 e. The molecule has 0 unspecified atom stereocenters. The molecule has 0 saturated carbocycles. The normalized spacial score (nSPS) is 13.1. The Hall–Kier alpha value is -11.1. The van der Waals surface area contributed by atoms with Gasteiger partial charge in [-0.15, -0.1) is 0 Å². The Morgan fingerprint density at radius 1 is 0.356 bits per heavy atom. The molecule has 16 rings (SSSR count). The summed E-state index contributed by atoms with van der Waals surface area (Å²) in [6, 6.07) is 96.7. The predicted octanol–water partition coefficient (Wildman–Crippen LogP) is 20.2. The minimum absolute atomic E-state index is 0.0801. The van der Waals surface area contributed by atoms with Gasteiger partial charge >= 0.3 is 0 Å². The molecule has 13 aromatic carbocycles. The number of rotatable bonds is 11. The summed E-state index contributed by atoms with van der Waals surface area (Å²) in [4.78, 5) is 5.01. The van der Waals surface area contributed by atoms with Crippen LogP contribution in [0, 0.1) is 0 Å². The maximum absolute atomic E-state index is 10.1. The van der Waals surface area contributed by atoms with Gasteiger partial charge in [0.15, 0.2) is 0 Å². The van der Waals surface area contributed by atoms with Gasteiger partial charge in [0.25, 0.3) is 6.71 Å². The van der Waals surface area contributed by atoms with Crippen molar-refractivity contribution in [3.63, 3.8) is 0 Å². The van der Waals surface area contributed by atoms with Crippen molar-refractivity contribution in [2.24, 2.45) is 0 Å². The van der Waals surface area contributed by atoms with Gasteiger partial charge in [-0.1, -0.05) is 251 Å². The van der Waals surface area contributed by atoms with Crippen LogP contribution in [-0.4, -0.2) is 25.5 Å². The molecule has 0 fully saturated rings. The fourth-order valence-corrected chi connectivity index (χ4v) is 14.0. The topological polar surface area (TPSA) is 29.9 Å². The van der Waals surface area contributed by atoms with E-state index in [1.807, 2.05) is 12.1 Å². The maximum atomic E-state index is 10.1. The van der Waals surface area contributed by atoms with Gasteiger partial charge in [0, 0.05) is 55.8 Å². The molecular formula is C84H64BN3O2. The molecule has 0 N–H and O–H groups in total. The van der Waals surface area contributed by atoms with E-state index in [1.165, 1.54) is 0 Å². The number of anilines is 6. The van der Waals surface area contributed by atoms with Gasteiger partial charge in [-0.05, 0) is 139 Å². The van der Waals surface area contributed by atoms with E-state index >= 15 is 0 Å². The van der Waals surface area contributed by atoms with Crippen molar-refractivity contribution >= 4 is 79.0 Å². The second-order valence-corrected chi connectivity index (χ2v) is 24.4. The van der Waals surface area contributed by atoms with E-state index in [0.29, 0.717) is 10.9 Å². The molecule has 0 amide bonds. The molecule has 0 saturated heterocycles. The van der Waals surface area contributed by atoms with Crippen LogP contribution in [0.25, 0.3) is 94.3 Å². The van der Waals surface area contributed by atoms with Crippen molar-refractivity contribution < 1.29 is 15.0 Å². The molecule has 1 aromatic heterocycles. The number of methoxy groups -OCH3 is 2. The summed E-state index contributed by atoms with van der Waals surface area (Å²) >= 11 is 0. The van der Waals surface area contributed by atoms with E-state index in [1.54, 1.807) is 14.2 Å². The number of para-hydroxylation sites is 3. The largest absolute Gasteiger partial charge is 0.497 e. The molecule has 6 heteroatoms. The summed E-state index contributed by atoms with van der Waals surface area (Å²) in [6.07, 6.45) is 0. The zero-order valence-electron chi connectivity index (χ0n) is 54.7. The van der Waals surface area contributed by atoms with E-state index < -0.39 is 6.71 Å². The average molecular weight is 1160 g/mol. The van der Waals surface area contributed by atoms with E-state index in [9.17, 15) is 5.48 Å². The van der Waals surface area contributed by atoms with Gasteiger partial charge in [0.1, 0.15) is 11.5 Å². The van der Waals surface area contributed by atoms with Crippen molar-refractivity contribution in [1.29, 1.82) is 0 Å². The summed E-state index contributed by atoms with van der Waals surface area (Å²) in [5, 5.41) is 1.22. The van der Waals surface area contributed by atoms with Crippen LogP contribution in [-0.2, 0) is 5.41 Å². The highest BCUT2D eigenvalue weighted by molar-refractivity contribution is 7.00.